The summed E-state index contributed by atoms with van der Waals surface area (Å²) in [6.45, 7) is 3.15. The lowest BCUT2D eigenvalue weighted by atomic mass is 10.2. The standard InChI is InChI=1S/C16H22BrF3N4/c1-2-21-15(22-9-12-3-5-13(17)6-4-12)23-14-7-8-24(10-14)11-16(18,19)20/h3-6,14H,2,7-11H2,1H3,(H2,21,22,23). The Hall–Kier alpha value is -1.28. The molecule has 1 unspecified atom stereocenters. The fraction of sp³-hybridized carbons (Fsp3) is 0.562. The van der Waals surface area contributed by atoms with E-state index in [0.717, 1.165) is 10.0 Å². The van der Waals surface area contributed by atoms with E-state index in [9.17, 15) is 13.2 Å². The minimum Gasteiger partial charge on any atom is -0.357 e. The van der Waals surface area contributed by atoms with E-state index in [4.69, 9.17) is 0 Å². The van der Waals surface area contributed by atoms with E-state index < -0.39 is 12.7 Å². The Labute approximate surface area is 148 Å². The summed E-state index contributed by atoms with van der Waals surface area (Å²) in [5, 5.41) is 6.38. The zero-order chi connectivity index (χ0) is 17.6. The maximum atomic E-state index is 12.5. The number of hydrogen-bond donors (Lipinski definition) is 2. The third kappa shape index (κ3) is 6.68. The highest BCUT2D eigenvalue weighted by Crippen LogP contribution is 2.20. The second-order valence-electron chi connectivity index (χ2n) is 5.80. The number of nitrogens with one attached hydrogen (secondary N) is 2. The summed E-state index contributed by atoms with van der Waals surface area (Å²) >= 11 is 3.39. The quantitative estimate of drug-likeness (QED) is 0.582. The van der Waals surface area contributed by atoms with Crippen LogP contribution in [-0.4, -0.2) is 49.3 Å². The van der Waals surface area contributed by atoms with Gasteiger partial charge in [0.05, 0.1) is 13.1 Å². The third-order valence-corrected chi connectivity index (χ3v) is 4.22. The van der Waals surface area contributed by atoms with E-state index in [2.05, 4.69) is 31.6 Å². The fourth-order valence-electron chi connectivity index (χ4n) is 2.62. The highest BCUT2D eigenvalue weighted by Gasteiger charge is 2.34. The predicted molar refractivity (Wildman–Crippen MR) is 93.0 cm³/mol. The predicted octanol–water partition coefficient (Wildman–Crippen LogP) is 3.14. The molecule has 0 aliphatic carbocycles. The van der Waals surface area contributed by atoms with Gasteiger partial charge in [0.15, 0.2) is 5.96 Å². The molecule has 1 aromatic carbocycles. The number of guanidine groups is 1. The molecule has 8 heteroatoms. The molecule has 1 fully saturated rings. The number of aliphatic imine (C=N–C) groups is 1. The van der Waals surface area contributed by atoms with Crippen LogP contribution in [0.5, 0.6) is 0 Å². The molecule has 134 valence electrons. The van der Waals surface area contributed by atoms with E-state index in [-0.39, 0.29) is 6.04 Å². The van der Waals surface area contributed by atoms with E-state index >= 15 is 0 Å². The number of halogens is 4. The van der Waals surface area contributed by atoms with Gasteiger partial charge in [0.2, 0.25) is 0 Å². The lowest BCUT2D eigenvalue weighted by molar-refractivity contribution is -0.143. The fourth-order valence-corrected chi connectivity index (χ4v) is 2.89. The Morgan fingerprint density at radius 2 is 2.04 bits per heavy atom. The summed E-state index contributed by atoms with van der Waals surface area (Å²) in [5.74, 6) is 0.638. The minimum atomic E-state index is -4.14. The number of likely N-dealkylation sites (tertiary alicyclic amines) is 1. The molecule has 0 aromatic heterocycles. The highest BCUT2D eigenvalue weighted by molar-refractivity contribution is 9.10. The first-order valence-corrected chi connectivity index (χ1v) is 8.73. The molecule has 0 spiro atoms. The van der Waals surface area contributed by atoms with Gasteiger partial charge in [0, 0.05) is 30.1 Å². The van der Waals surface area contributed by atoms with Crippen LogP contribution in [0.25, 0.3) is 0 Å². The molecule has 1 aliphatic heterocycles. The summed E-state index contributed by atoms with van der Waals surface area (Å²) < 4.78 is 38.4. The normalized spacial score (nSPS) is 19.5. The van der Waals surface area contributed by atoms with E-state index in [1.165, 1.54) is 4.90 Å². The summed E-state index contributed by atoms with van der Waals surface area (Å²) in [5.41, 5.74) is 1.07. The van der Waals surface area contributed by atoms with Gasteiger partial charge in [-0.25, -0.2) is 4.99 Å². The maximum Gasteiger partial charge on any atom is 0.401 e. The van der Waals surface area contributed by atoms with Gasteiger partial charge in [-0.1, -0.05) is 28.1 Å². The van der Waals surface area contributed by atoms with Crippen molar-refractivity contribution in [3.8, 4) is 0 Å². The smallest absolute Gasteiger partial charge is 0.357 e. The average molecular weight is 407 g/mol. The Balaban J connectivity index is 1.89. The molecule has 1 saturated heterocycles. The second-order valence-corrected chi connectivity index (χ2v) is 6.72. The number of rotatable bonds is 5. The molecule has 1 aromatic rings. The SMILES string of the molecule is CCNC(=NCc1ccc(Br)cc1)NC1CCN(CC(F)(F)F)C1. The summed E-state index contributed by atoms with van der Waals surface area (Å²) in [7, 11) is 0. The van der Waals surface area contributed by atoms with Crippen molar-refractivity contribution in [2.24, 2.45) is 4.99 Å². The molecule has 1 heterocycles. The zero-order valence-corrected chi connectivity index (χ0v) is 15.1. The van der Waals surface area contributed by atoms with Crippen LogP contribution in [-0.2, 0) is 6.54 Å². The molecule has 1 aliphatic rings. The Bertz CT molecular complexity index is 545. The number of benzene rings is 1. The van der Waals surface area contributed by atoms with Gasteiger partial charge in [-0.3, -0.25) is 4.90 Å². The third-order valence-electron chi connectivity index (χ3n) is 3.69. The lowest BCUT2D eigenvalue weighted by Gasteiger charge is -2.19. The minimum absolute atomic E-state index is 0.0185. The molecule has 4 nitrogen and oxygen atoms in total. The van der Waals surface area contributed by atoms with Crippen LogP contribution in [0, 0.1) is 0 Å². The summed E-state index contributed by atoms with van der Waals surface area (Å²) in [6.07, 6.45) is -3.46. The van der Waals surface area contributed by atoms with Crippen LogP contribution >= 0.6 is 15.9 Å². The van der Waals surface area contributed by atoms with Gasteiger partial charge >= 0.3 is 6.18 Å². The van der Waals surface area contributed by atoms with Crippen LogP contribution in [0.4, 0.5) is 13.2 Å². The number of hydrogen-bond acceptors (Lipinski definition) is 2. The molecular weight excluding hydrogens is 385 g/mol. The van der Waals surface area contributed by atoms with E-state index in [0.29, 0.717) is 38.6 Å². The molecule has 0 radical (unpaired) electrons. The molecule has 0 amide bonds. The second kappa shape index (κ2) is 8.71. The topological polar surface area (TPSA) is 39.7 Å². The van der Waals surface area contributed by atoms with Crippen molar-refractivity contribution in [2.45, 2.75) is 32.1 Å². The van der Waals surface area contributed by atoms with Gasteiger partial charge in [0.25, 0.3) is 0 Å². The van der Waals surface area contributed by atoms with Crippen molar-refractivity contribution >= 4 is 21.9 Å². The van der Waals surface area contributed by atoms with Gasteiger partial charge in [-0.2, -0.15) is 13.2 Å². The van der Waals surface area contributed by atoms with E-state index in [1.807, 2.05) is 31.2 Å². The molecular formula is C16H22BrF3N4. The monoisotopic (exact) mass is 406 g/mol. The number of nitrogens with zero attached hydrogens (tertiary/aromatic N) is 2. The van der Waals surface area contributed by atoms with Gasteiger partial charge in [-0.05, 0) is 31.0 Å². The van der Waals surface area contributed by atoms with Crippen LogP contribution in [0.15, 0.2) is 33.7 Å². The van der Waals surface area contributed by atoms with E-state index in [1.54, 1.807) is 0 Å². The largest absolute Gasteiger partial charge is 0.401 e. The van der Waals surface area contributed by atoms with Crippen LogP contribution in [0.1, 0.15) is 18.9 Å². The van der Waals surface area contributed by atoms with Gasteiger partial charge in [-0.15, -0.1) is 0 Å². The highest BCUT2D eigenvalue weighted by atomic mass is 79.9. The van der Waals surface area contributed by atoms with Crippen LogP contribution < -0.4 is 10.6 Å². The van der Waals surface area contributed by atoms with Gasteiger partial charge < -0.3 is 10.6 Å². The van der Waals surface area contributed by atoms with Crippen molar-refractivity contribution in [1.29, 1.82) is 0 Å². The molecule has 2 rings (SSSR count). The summed E-state index contributed by atoms with van der Waals surface area (Å²) in [6, 6.07) is 7.86. The first-order valence-electron chi connectivity index (χ1n) is 7.94. The molecule has 0 bridgehead atoms. The Kier molecular flexibility index (Phi) is 6.91. The first kappa shape index (κ1) is 19.1. The Morgan fingerprint density at radius 1 is 1.33 bits per heavy atom. The zero-order valence-electron chi connectivity index (χ0n) is 13.5. The van der Waals surface area contributed by atoms with Crippen molar-refractivity contribution in [1.82, 2.24) is 15.5 Å². The van der Waals surface area contributed by atoms with Crippen LogP contribution in [0.3, 0.4) is 0 Å². The van der Waals surface area contributed by atoms with Crippen molar-refractivity contribution in [3.63, 3.8) is 0 Å². The van der Waals surface area contributed by atoms with Gasteiger partial charge in [0.1, 0.15) is 0 Å². The van der Waals surface area contributed by atoms with Crippen molar-refractivity contribution < 1.29 is 13.2 Å². The van der Waals surface area contributed by atoms with Crippen molar-refractivity contribution in [3.05, 3.63) is 34.3 Å². The summed E-state index contributed by atoms with van der Waals surface area (Å²) in [4.78, 5) is 5.94. The molecule has 1 atom stereocenters. The molecule has 24 heavy (non-hydrogen) atoms. The first-order chi connectivity index (χ1) is 11.4. The maximum absolute atomic E-state index is 12.5. The van der Waals surface area contributed by atoms with Crippen LogP contribution in [0.2, 0.25) is 0 Å². The average Bonchev–Trinajstić information content (AvgIpc) is 2.91. The number of alkyl halides is 3. The molecule has 0 saturated carbocycles. The van der Waals surface area contributed by atoms with Crippen molar-refractivity contribution in [2.75, 3.05) is 26.2 Å². The molecule has 2 N–H and O–H groups in total. The lowest BCUT2D eigenvalue weighted by Crippen LogP contribution is -2.45. The Morgan fingerprint density at radius 3 is 2.67 bits per heavy atom.